The van der Waals surface area contributed by atoms with Gasteiger partial charge in [0.2, 0.25) is 0 Å². The molecule has 0 saturated heterocycles. The van der Waals surface area contributed by atoms with E-state index in [2.05, 4.69) is 15.0 Å². The fraction of sp³-hybridized carbons (Fsp3) is 0.304. The second-order valence-electron chi connectivity index (χ2n) is 7.14. The van der Waals surface area contributed by atoms with Crippen molar-refractivity contribution in [3.8, 4) is 11.5 Å². The molecule has 0 spiro atoms. The Morgan fingerprint density at radius 3 is 2.40 bits per heavy atom. The largest absolute Gasteiger partial charge is 0.349 e. The van der Waals surface area contributed by atoms with Crippen LogP contribution in [0.4, 0.5) is 0 Å². The molecular weight excluding hydrogens is 378 g/mol. The van der Waals surface area contributed by atoms with Gasteiger partial charge in [-0.3, -0.25) is 9.78 Å². The molecule has 2 aliphatic rings. The van der Waals surface area contributed by atoms with Crippen LogP contribution in [0, 0.1) is 13.8 Å². The van der Waals surface area contributed by atoms with E-state index in [0.717, 1.165) is 22.2 Å². The molecule has 4 rings (SSSR count). The van der Waals surface area contributed by atoms with Gasteiger partial charge in [-0.1, -0.05) is 44.2 Å². The Morgan fingerprint density at radius 2 is 1.70 bits per heavy atom. The van der Waals surface area contributed by atoms with E-state index in [4.69, 9.17) is 5.73 Å². The van der Waals surface area contributed by atoms with E-state index in [9.17, 15) is 9.59 Å². The number of aromatic amines is 1. The summed E-state index contributed by atoms with van der Waals surface area (Å²) in [5, 5.41) is 0. The molecule has 2 heterocycles. The zero-order valence-electron chi connectivity index (χ0n) is 17.8. The molecule has 0 saturated carbocycles. The minimum Gasteiger partial charge on any atom is -0.326 e. The predicted octanol–water partition coefficient (Wildman–Crippen LogP) is 2.80. The van der Waals surface area contributed by atoms with Gasteiger partial charge in [-0.25, -0.2) is 9.78 Å². The van der Waals surface area contributed by atoms with Crippen molar-refractivity contribution in [1.29, 1.82) is 0 Å². The SMILES string of the molecule is CC.Cc1cc2nc3c(=O)[nH]c(=O)nc-3n(CC(N)Cc3ccccc3)c2cc1C. The number of hydrogen-bond acceptors (Lipinski definition) is 5. The fourth-order valence-corrected chi connectivity index (χ4v) is 3.45. The molecule has 0 aliphatic carbocycles. The number of nitrogens with two attached hydrogens (primary N) is 1. The van der Waals surface area contributed by atoms with Gasteiger partial charge in [0.25, 0.3) is 5.56 Å². The maximum Gasteiger partial charge on any atom is 0.349 e. The van der Waals surface area contributed by atoms with Crippen LogP contribution in [0.1, 0.15) is 30.5 Å². The Hall–Kier alpha value is -3.32. The average molecular weight is 406 g/mol. The lowest BCUT2D eigenvalue weighted by molar-refractivity contribution is 0.556. The number of aromatic nitrogens is 4. The monoisotopic (exact) mass is 405 g/mol. The highest BCUT2D eigenvalue weighted by molar-refractivity contribution is 5.81. The molecule has 7 heteroatoms. The van der Waals surface area contributed by atoms with Crippen molar-refractivity contribution < 1.29 is 0 Å². The summed E-state index contributed by atoms with van der Waals surface area (Å²) in [5.41, 5.74) is 10.1. The molecule has 3 N–H and O–H groups in total. The van der Waals surface area contributed by atoms with Crippen molar-refractivity contribution in [3.63, 3.8) is 0 Å². The first-order valence-corrected chi connectivity index (χ1v) is 10.1. The second kappa shape index (κ2) is 9.00. The van der Waals surface area contributed by atoms with Gasteiger partial charge in [0, 0.05) is 12.6 Å². The zero-order valence-corrected chi connectivity index (χ0v) is 17.8. The first-order chi connectivity index (χ1) is 14.4. The maximum absolute atomic E-state index is 12.3. The van der Waals surface area contributed by atoms with Gasteiger partial charge in [-0.2, -0.15) is 4.98 Å². The van der Waals surface area contributed by atoms with Crippen LogP contribution in [-0.4, -0.2) is 25.6 Å². The molecule has 7 nitrogen and oxygen atoms in total. The van der Waals surface area contributed by atoms with E-state index < -0.39 is 11.2 Å². The molecule has 30 heavy (non-hydrogen) atoms. The van der Waals surface area contributed by atoms with Crippen LogP contribution in [0.25, 0.3) is 22.6 Å². The molecular formula is C23H27N5O2. The molecule has 0 fully saturated rings. The minimum atomic E-state index is -0.687. The van der Waals surface area contributed by atoms with Gasteiger partial charge in [0.15, 0.2) is 11.5 Å². The van der Waals surface area contributed by atoms with Crippen molar-refractivity contribution in [3.05, 3.63) is 80.0 Å². The second-order valence-corrected chi connectivity index (χ2v) is 7.14. The highest BCUT2D eigenvalue weighted by atomic mass is 16.2. The third-order valence-electron chi connectivity index (χ3n) is 4.98. The lowest BCUT2D eigenvalue weighted by Gasteiger charge is -2.21. The molecule has 0 bridgehead atoms. The number of nitrogens with zero attached hydrogens (tertiary/aromatic N) is 3. The lowest BCUT2D eigenvalue weighted by Crippen LogP contribution is -2.33. The van der Waals surface area contributed by atoms with Crippen LogP contribution >= 0.6 is 0 Å². The number of hydrogen-bond donors (Lipinski definition) is 2. The van der Waals surface area contributed by atoms with Gasteiger partial charge in [-0.15, -0.1) is 0 Å². The quantitative estimate of drug-likeness (QED) is 0.508. The molecule has 1 unspecified atom stereocenters. The first kappa shape index (κ1) is 21.4. The van der Waals surface area contributed by atoms with Gasteiger partial charge in [-0.05, 0) is 49.1 Å². The molecule has 0 radical (unpaired) electrons. The van der Waals surface area contributed by atoms with Crippen LogP contribution in [0.2, 0.25) is 0 Å². The van der Waals surface area contributed by atoms with Crippen molar-refractivity contribution in [2.24, 2.45) is 5.73 Å². The minimum absolute atomic E-state index is 0.141. The van der Waals surface area contributed by atoms with Gasteiger partial charge in [0.05, 0.1) is 11.0 Å². The summed E-state index contributed by atoms with van der Waals surface area (Å²) in [7, 11) is 0. The average Bonchev–Trinajstić information content (AvgIpc) is 2.72. The number of benzene rings is 2. The van der Waals surface area contributed by atoms with E-state index in [1.807, 2.05) is 74.7 Å². The van der Waals surface area contributed by atoms with E-state index in [0.29, 0.717) is 18.5 Å². The molecule has 0 aromatic heterocycles. The van der Waals surface area contributed by atoms with E-state index in [1.165, 1.54) is 0 Å². The summed E-state index contributed by atoms with van der Waals surface area (Å²) in [6, 6.07) is 13.7. The lowest BCUT2D eigenvalue weighted by atomic mass is 10.1. The van der Waals surface area contributed by atoms with Crippen LogP contribution < -0.4 is 17.0 Å². The van der Waals surface area contributed by atoms with Gasteiger partial charge < -0.3 is 10.3 Å². The van der Waals surface area contributed by atoms with E-state index in [-0.39, 0.29) is 17.6 Å². The zero-order chi connectivity index (χ0) is 21.8. The molecule has 2 aromatic carbocycles. The number of H-pyrrole nitrogens is 1. The number of aryl methyl sites for hydroxylation is 2. The summed E-state index contributed by atoms with van der Waals surface area (Å²) in [4.78, 5) is 34.9. The Bertz CT molecular complexity index is 1240. The Kier molecular flexibility index (Phi) is 6.42. The van der Waals surface area contributed by atoms with Crippen molar-refractivity contribution in [1.82, 2.24) is 19.5 Å². The van der Waals surface area contributed by atoms with Crippen molar-refractivity contribution >= 4 is 11.0 Å². The number of nitrogens with one attached hydrogen (secondary N) is 1. The summed E-state index contributed by atoms with van der Waals surface area (Å²) in [6.45, 7) is 8.41. The van der Waals surface area contributed by atoms with Crippen molar-refractivity contribution in [2.45, 2.75) is 46.7 Å². The Morgan fingerprint density at radius 1 is 1.03 bits per heavy atom. The predicted molar refractivity (Wildman–Crippen MR) is 120 cm³/mol. The third kappa shape index (κ3) is 4.31. The molecule has 0 amide bonds. The summed E-state index contributed by atoms with van der Waals surface area (Å²) < 4.78 is 1.84. The van der Waals surface area contributed by atoms with Crippen LogP contribution in [0.15, 0.2) is 52.1 Å². The molecule has 2 aromatic rings. The Balaban J connectivity index is 0.00000124. The fourth-order valence-electron chi connectivity index (χ4n) is 3.45. The van der Waals surface area contributed by atoms with Gasteiger partial charge >= 0.3 is 5.69 Å². The standard InChI is InChI=1S/C21H21N5O2.C2H6/c1-12-8-16-17(9-13(12)2)26(11-15(22)10-14-6-4-3-5-7-14)19-18(23-16)20(27)25-21(28)24-19;1-2/h3-9,15H,10-11,22H2,1-2H3,(H,25,27,28);1-2H3. The summed E-state index contributed by atoms with van der Waals surface area (Å²) >= 11 is 0. The number of fused-ring (bicyclic) bond motifs is 2. The normalized spacial score (nSPS) is 11.9. The number of rotatable bonds is 4. The van der Waals surface area contributed by atoms with E-state index in [1.54, 1.807) is 0 Å². The van der Waals surface area contributed by atoms with Crippen molar-refractivity contribution in [2.75, 3.05) is 0 Å². The molecule has 2 aliphatic heterocycles. The molecule has 156 valence electrons. The topological polar surface area (TPSA) is 107 Å². The Labute approximate surface area is 175 Å². The van der Waals surface area contributed by atoms with E-state index >= 15 is 0 Å². The maximum atomic E-state index is 12.3. The van der Waals surface area contributed by atoms with Crippen LogP contribution in [-0.2, 0) is 13.0 Å². The molecule has 1 atom stereocenters. The summed E-state index contributed by atoms with van der Waals surface area (Å²) in [5.74, 6) is 0.257. The van der Waals surface area contributed by atoms with Crippen LogP contribution in [0.3, 0.4) is 0 Å². The first-order valence-electron chi connectivity index (χ1n) is 10.1. The smallest absolute Gasteiger partial charge is 0.326 e. The summed E-state index contributed by atoms with van der Waals surface area (Å²) in [6.07, 6.45) is 0.664. The highest BCUT2D eigenvalue weighted by Gasteiger charge is 2.20. The highest BCUT2D eigenvalue weighted by Crippen LogP contribution is 2.24. The van der Waals surface area contributed by atoms with Gasteiger partial charge in [0.1, 0.15) is 0 Å². The third-order valence-corrected chi connectivity index (χ3v) is 4.98. The van der Waals surface area contributed by atoms with Crippen LogP contribution in [0.5, 0.6) is 0 Å².